The van der Waals surface area contributed by atoms with Crippen molar-refractivity contribution in [1.29, 1.82) is 0 Å². The zero-order valence-electron chi connectivity index (χ0n) is 16.8. The molecule has 2 atom stereocenters. The van der Waals surface area contributed by atoms with Crippen LogP contribution in [0.15, 0.2) is 36.5 Å². The highest BCUT2D eigenvalue weighted by Gasteiger charge is 2.40. The van der Waals surface area contributed by atoms with Crippen molar-refractivity contribution >= 4 is 22.8 Å². The van der Waals surface area contributed by atoms with Crippen molar-refractivity contribution in [3.63, 3.8) is 0 Å². The van der Waals surface area contributed by atoms with Gasteiger partial charge in [-0.25, -0.2) is 10.8 Å². The number of rotatable bonds is 3. The summed E-state index contributed by atoms with van der Waals surface area (Å²) in [5.41, 5.74) is 5.69. The zero-order chi connectivity index (χ0) is 20.8. The number of hydrogen-bond acceptors (Lipinski definition) is 5. The van der Waals surface area contributed by atoms with E-state index in [1.54, 1.807) is 6.07 Å². The fourth-order valence-corrected chi connectivity index (χ4v) is 5.01. The lowest BCUT2D eigenvalue weighted by Gasteiger charge is -2.39. The number of carbonyl (C=O) groups excluding carboxylic acids is 2. The molecule has 8 heteroatoms. The second-order valence-corrected chi connectivity index (χ2v) is 8.06. The molecule has 30 heavy (non-hydrogen) atoms. The summed E-state index contributed by atoms with van der Waals surface area (Å²) >= 11 is 0. The first-order valence-corrected chi connectivity index (χ1v) is 10.3. The van der Waals surface area contributed by atoms with Gasteiger partial charge >= 0.3 is 0 Å². The largest absolute Gasteiger partial charge is 0.328 e. The van der Waals surface area contributed by atoms with Gasteiger partial charge in [0, 0.05) is 6.20 Å². The summed E-state index contributed by atoms with van der Waals surface area (Å²) in [6, 6.07) is 9.98. The molecule has 1 fully saturated rings. The fourth-order valence-electron chi connectivity index (χ4n) is 5.01. The molecule has 0 saturated heterocycles. The minimum atomic E-state index is -0.451. The number of amides is 2. The summed E-state index contributed by atoms with van der Waals surface area (Å²) in [4.78, 5) is 36.2. The van der Waals surface area contributed by atoms with Crippen LogP contribution in [0.5, 0.6) is 0 Å². The molecule has 3 N–H and O–H groups in total. The normalized spacial score (nSPS) is 21.1. The lowest BCUT2D eigenvalue weighted by atomic mass is 9.88. The number of benzene rings is 1. The van der Waals surface area contributed by atoms with Crippen LogP contribution < -0.4 is 11.3 Å². The lowest BCUT2D eigenvalue weighted by molar-refractivity contribution is 0.0572. The number of aromatic nitrogens is 3. The second kappa shape index (κ2) is 7.21. The molecular weight excluding hydrogens is 380 g/mol. The maximum atomic E-state index is 13.3. The number of pyridine rings is 1. The maximum Gasteiger partial charge on any atom is 0.266 e. The summed E-state index contributed by atoms with van der Waals surface area (Å²) in [5, 5.41) is 0. The van der Waals surface area contributed by atoms with E-state index in [0.29, 0.717) is 23.4 Å². The smallest absolute Gasteiger partial charge is 0.266 e. The van der Waals surface area contributed by atoms with Gasteiger partial charge in [-0.15, -0.1) is 0 Å². The van der Waals surface area contributed by atoms with Crippen LogP contribution in [0, 0.1) is 6.92 Å². The van der Waals surface area contributed by atoms with Gasteiger partial charge in [0.2, 0.25) is 0 Å². The van der Waals surface area contributed by atoms with E-state index in [0.717, 1.165) is 42.5 Å². The summed E-state index contributed by atoms with van der Waals surface area (Å²) in [6.07, 6.45) is 5.62. The van der Waals surface area contributed by atoms with Gasteiger partial charge in [-0.2, -0.15) is 0 Å². The first-order chi connectivity index (χ1) is 14.6. The van der Waals surface area contributed by atoms with Crippen molar-refractivity contribution in [3.8, 4) is 0 Å². The van der Waals surface area contributed by atoms with E-state index in [9.17, 15) is 9.59 Å². The summed E-state index contributed by atoms with van der Waals surface area (Å²) < 4.78 is 2.30. The molecule has 2 aromatic heterocycles. The van der Waals surface area contributed by atoms with Crippen molar-refractivity contribution in [3.05, 3.63) is 59.2 Å². The Bertz CT molecular complexity index is 1150. The Hall–Kier alpha value is -3.26. The molecule has 0 unspecified atom stereocenters. The number of fused-ring (bicyclic) bond motifs is 2. The minimum absolute atomic E-state index is 0.0588. The number of nitrogens with two attached hydrogens (primary N) is 1. The monoisotopic (exact) mass is 404 g/mol. The van der Waals surface area contributed by atoms with Crippen LogP contribution >= 0.6 is 0 Å². The van der Waals surface area contributed by atoms with E-state index in [-0.39, 0.29) is 18.0 Å². The Morgan fingerprint density at radius 1 is 1.20 bits per heavy atom. The number of para-hydroxylation sites is 2. The zero-order valence-corrected chi connectivity index (χ0v) is 16.8. The number of carbonyl (C=O) groups is 2. The first-order valence-electron chi connectivity index (χ1n) is 10.3. The Morgan fingerprint density at radius 3 is 2.77 bits per heavy atom. The highest BCUT2D eigenvalue weighted by atomic mass is 16.2. The van der Waals surface area contributed by atoms with Gasteiger partial charge < -0.3 is 9.47 Å². The van der Waals surface area contributed by atoms with Crippen molar-refractivity contribution in [2.45, 2.75) is 51.2 Å². The topological polar surface area (TPSA) is 106 Å². The van der Waals surface area contributed by atoms with Crippen LogP contribution in [0.2, 0.25) is 0 Å². The average Bonchev–Trinajstić information content (AvgIpc) is 3.28. The molecule has 3 aromatic rings. The Labute approximate surface area is 174 Å². The number of aryl methyl sites for hydroxylation is 1. The third-order valence-corrected chi connectivity index (χ3v) is 6.37. The van der Waals surface area contributed by atoms with E-state index < -0.39 is 5.91 Å². The molecule has 0 radical (unpaired) electrons. The molecule has 2 aliphatic rings. The van der Waals surface area contributed by atoms with Crippen LogP contribution in [0.4, 0.5) is 0 Å². The summed E-state index contributed by atoms with van der Waals surface area (Å²) in [5.74, 6) is 5.68. The molecular formula is C22H24N6O2. The standard InChI is InChI=1S/C22H24N6O2/c1-13-25-16-6-2-3-7-18(16)28(13)20-9-5-4-8-19(20)27-12-17-15(22(27)30)10-14(11-24-17)21(29)26-23/h2-3,6-7,10-11,19-20H,4-5,8-9,12,23H2,1H3,(H,26,29)/t19-,20-/m1/s1. The Balaban J connectivity index is 1.51. The molecule has 2 amide bonds. The van der Waals surface area contributed by atoms with Gasteiger partial charge in [0.15, 0.2) is 0 Å². The van der Waals surface area contributed by atoms with Crippen LogP contribution in [0.1, 0.15) is 64.0 Å². The number of nitrogens with one attached hydrogen (secondary N) is 1. The van der Waals surface area contributed by atoms with Crippen LogP contribution in [-0.2, 0) is 6.54 Å². The van der Waals surface area contributed by atoms with Gasteiger partial charge in [-0.1, -0.05) is 25.0 Å². The third kappa shape index (κ3) is 2.87. The summed E-state index contributed by atoms with van der Waals surface area (Å²) in [6.45, 7) is 2.50. The molecule has 0 bridgehead atoms. The van der Waals surface area contributed by atoms with Gasteiger partial charge in [-0.05, 0) is 38.0 Å². The second-order valence-electron chi connectivity index (χ2n) is 8.06. The van der Waals surface area contributed by atoms with Crippen LogP contribution in [0.3, 0.4) is 0 Å². The first kappa shape index (κ1) is 18.7. The molecule has 8 nitrogen and oxygen atoms in total. The molecule has 1 aliphatic heterocycles. The summed E-state index contributed by atoms with van der Waals surface area (Å²) in [7, 11) is 0. The van der Waals surface area contributed by atoms with Gasteiger partial charge in [0.25, 0.3) is 11.8 Å². The number of imidazole rings is 1. The Morgan fingerprint density at radius 2 is 1.97 bits per heavy atom. The molecule has 154 valence electrons. The number of hydrogen-bond donors (Lipinski definition) is 2. The van der Waals surface area contributed by atoms with Gasteiger partial charge in [-0.3, -0.25) is 20.0 Å². The fraction of sp³-hybridized carbons (Fsp3) is 0.364. The quantitative estimate of drug-likeness (QED) is 0.396. The molecule has 5 rings (SSSR count). The van der Waals surface area contributed by atoms with Crippen molar-refractivity contribution in [2.75, 3.05) is 0 Å². The van der Waals surface area contributed by atoms with E-state index in [2.05, 4.69) is 21.0 Å². The van der Waals surface area contributed by atoms with Crippen molar-refractivity contribution in [2.24, 2.45) is 5.84 Å². The Kier molecular flexibility index (Phi) is 4.51. The van der Waals surface area contributed by atoms with E-state index in [1.165, 1.54) is 6.20 Å². The molecule has 3 heterocycles. The van der Waals surface area contributed by atoms with E-state index in [1.807, 2.05) is 30.0 Å². The van der Waals surface area contributed by atoms with Crippen molar-refractivity contribution in [1.82, 2.24) is 24.9 Å². The highest BCUT2D eigenvalue weighted by molar-refractivity contribution is 6.01. The number of nitrogens with zero attached hydrogens (tertiary/aromatic N) is 4. The number of hydrazine groups is 1. The maximum absolute atomic E-state index is 13.3. The molecule has 1 saturated carbocycles. The highest BCUT2D eigenvalue weighted by Crippen LogP contribution is 2.38. The molecule has 0 spiro atoms. The SMILES string of the molecule is Cc1nc2ccccc2n1[C@@H]1CCCC[C@H]1N1Cc2ncc(C(=O)NN)cc2C1=O. The lowest BCUT2D eigenvalue weighted by Crippen LogP contribution is -2.43. The van der Waals surface area contributed by atoms with Crippen molar-refractivity contribution < 1.29 is 9.59 Å². The predicted molar refractivity (Wildman–Crippen MR) is 112 cm³/mol. The van der Waals surface area contributed by atoms with Crippen LogP contribution in [-0.4, -0.2) is 37.3 Å². The van der Waals surface area contributed by atoms with Crippen LogP contribution in [0.25, 0.3) is 11.0 Å². The molecule has 1 aliphatic carbocycles. The average molecular weight is 404 g/mol. The van der Waals surface area contributed by atoms with E-state index in [4.69, 9.17) is 10.8 Å². The molecule has 1 aromatic carbocycles. The van der Waals surface area contributed by atoms with Gasteiger partial charge in [0.05, 0.1) is 46.5 Å². The van der Waals surface area contributed by atoms with Gasteiger partial charge in [0.1, 0.15) is 5.82 Å². The third-order valence-electron chi connectivity index (χ3n) is 6.37. The number of nitrogen functional groups attached to an aromatic ring is 1. The minimum Gasteiger partial charge on any atom is -0.328 e. The predicted octanol–water partition coefficient (Wildman–Crippen LogP) is 2.48. The van der Waals surface area contributed by atoms with E-state index >= 15 is 0 Å².